The summed E-state index contributed by atoms with van der Waals surface area (Å²) in [5, 5.41) is 6.58. The first-order valence-corrected chi connectivity index (χ1v) is 7.46. The van der Waals surface area contributed by atoms with Crippen LogP contribution in [0.3, 0.4) is 0 Å². The molecule has 1 saturated heterocycles. The van der Waals surface area contributed by atoms with Gasteiger partial charge in [-0.05, 0) is 38.3 Å². The first kappa shape index (κ1) is 13.8. The van der Waals surface area contributed by atoms with Gasteiger partial charge in [0, 0.05) is 19.1 Å². The zero-order valence-corrected chi connectivity index (χ0v) is 11.6. The van der Waals surface area contributed by atoms with Crippen molar-refractivity contribution in [3.05, 3.63) is 0 Å². The molecule has 2 atom stereocenters. The molecule has 1 aliphatic heterocycles. The Morgan fingerprint density at radius 1 is 1.28 bits per heavy atom. The third-order valence-corrected chi connectivity index (χ3v) is 4.10. The van der Waals surface area contributed by atoms with E-state index < -0.39 is 0 Å². The Labute approximate surface area is 110 Å². The summed E-state index contributed by atoms with van der Waals surface area (Å²) < 4.78 is 0. The number of hydrogen-bond donors (Lipinski definition) is 2. The van der Waals surface area contributed by atoms with Gasteiger partial charge in [0.05, 0.1) is 6.54 Å². The Morgan fingerprint density at radius 2 is 2.17 bits per heavy atom. The third-order valence-electron chi connectivity index (χ3n) is 4.10. The van der Waals surface area contributed by atoms with Gasteiger partial charge in [-0.1, -0.05) is 19.8 Å². The average Bonchev–Trinajstić information content (AvgIpc) is 2.57. The predicted molar refractivity (Wildman–Crippen MR) is 73.5 cm³/mol. The first-order valence-electron chi connectivity index (χ1n) is 7.46. The summed E-state index contributed by atoms with van der Waals surface area (Å²) in [6.45, 7) is 6.99. The Kier molecular flexibility index (Phi) is 5.45. The van der Waals surface area contributed by atoms with Gasteiger partial charge < -0.3 is 10.6 Å². The van der Waals surface area contributed by atoms with Crippen molar-refractivity contribution >= 4 is 5.91 Å². The fourth-order valence-electron chi connectivity index (χ4n) is 3.10. The summed E-state index contributed by atoms with van der Waals surface area (Å²) in [6, 6.07) is 0.423. The summed E-state index contributed by atoms with van der Waals surface area (Å²) in [6.07, 6.45) is 6.06. The monoisotopic (exact) mass is 253 g/mol. The lowest BCUT2D eigenvalue weighted by Crippen LogP contribution is -2.44. The molecule has 0 aromatic heterocycles. The second-order valence-electron chi connectivity index (χ2n) is 5.92. The summed E-state index contributed by atoms with van der Waals surface area (Å²) in [7, 11) is 0. The van der Waals surface area contributed by atoms with Crippen LogP contribution in [0.15, 0.2) is 0 Å². The van der Waals surface area contributed by atoms with Crippen LogP contribution in [0.5, 0.6) is 0 Å². The summed E-state index contributed by atoms with van der Waals surface area (Å²) >= 11 is 0. The van der Waals surface area contributed by atoms with Crippen LogP contribution < -0.4 is 10.6 Å². The van der Waals surface area contributed by atoms with Gasteiger partial charge in [0.2, 0.25) is 5.91 Å². The molecule has 0 bridgehead atoms. The summed E-state index contributed by atoms with van der Waals surface area (Å²) in [4.78, 5) is 14.3. The third kappa shape index (κ3) is 4.58. The van der Waals surface area contributed by atoms with E-state index >= 15 is 0 Å². The average molecular weight is 253 g/mol. The van der Waals surface area contributed by atoms with E-state index in [9.17, 15) is 4.79 Å². The fourth-order valence-corrected chi connectivity index (χ4v) is 3.10. The zero-order valence-electron chi connectivity index (χ0n) is 11.6. The lowest BCUT2D eigenvalue weighted by atomic mass is 9.87. The van der Waals surface area contributed by atoms with E-state index in [1.807, 2.05) is 0 Å². The maximum atomic E-state index is 12.0. The molecular formula is C14H27N3O. The van der Waals surface area contributed by atoms with Crippen LogP contribution in [0.25, 0.3) is 0 Å². The smallest absolute Gasteiger partial charge is 0.234 e. The first-order chi connectivity index (χ1) is 8.74. The van der Waals surface area contributed by atoms with E-state index in [2.05, 4.69) is 22.5 Å². The van der Waals surface area contributed by atoms with Crippen molar-refractivity contribution in [1.29, 1.82) is 0 Å². The SMILES string of the molecule is CC1CCCC(NC(=O)CN2CCCNCC2)C1. The highest BCUT2D eigenvalue weighted by molar-refractivity contribution is 5.78. The van der Waals surface area contributed by atoms with Crippen LogP contribution in [0.4, 0.5) is 0 Å². The van der Waals surface area contributed by atoms with Crippen LogP contribution in [0.2, 0.25) is 0 Å². The lowest BCUT2D eigenvalue weighted by molar-refractivity contribution is -0.123. The van der Waals surface area contributed by atoms with E-state index in [1.54, 1.807) is 0 Å². The molecule has 1 amide bonds. The molecule has 2 aliphatic rings. The molecule has 0 aromatic carbocycles. The van der Waals surface area contributed by atoms with Crippen LogP contribution in [0, 0.1) is 5.92 Å². The molecule has 18 heavy (non-hydrogen) atoms. The lowest BCUT2D eigenvalue weighted by Gasteiger charge is -2.28. The van der Waals surface area contributed by atoms with Crippen LogP contribution in [-0.4, -0.2) is 49.6 Å². The van der Waals surface area contributed by atoms with Crippen molar-refractivity contribution in [2.45, 2.75) is 45.1 Å². The molecule has 1 heterocycles. The number of nitrogens with zero attached hydrogens (tertiary/aromatic N) is 1. The number of carbonyl (C=O) groups is 1. The molecular weight excluding hydrogens is 226 g/mol. The molecule has 2 rings (SSSR count). The van der Waals surface area contributed by atoms with Gasteiger partial charge >= 0.3 is 0 Å². The molecule has 0 aromatic rings. The molecule has 2 unspecified atom stereocenters. The minimum Gasteiger partial charge on any atom is -0.352 e. The Bertz CT molecular complexity index is 256. The Hall–Kier alpha value is -0.610. The maximum Gasteiger partial charge on any atom is 0.234 e. The quantitative estimate of drug-likeness (QED) is 0.788. The molecule has 2 fully saturated rings. The van der Waals surface area contributed by atoms with Crippen molar-refractivity contribution in [3.8, 4) is 0 Å². The van der Waals surface area contributed by atoms with Gasteiger partial charge in [0.15, 0.2) is 0 Å². The van der Waals surface area contributed by atoms with Crippen molar-refractivity contribution in [3.63, 3.8) is 0 Å². The van der Waals surface area contributed by atoms with Gasteiger partial charge in [-0.3, -0.25) is 9.69 Å². The molecule has 0 radical (unpaired) electrons. The number of carbonyl (C=O) groups excluding carboxylic acids is 1. The van der Waals surface area contributed by atoms with Gasteiger partial charge in [-0.2, -0.15) is 0 Å². The normalized spacial score (nSPS) is 30.7. The second kappa shape index (κ2) is 7.10. The summed E-state index contributed by atoms with van der Waals surface area (Å²) in [5.74, 6) is 0.988. The molecule has 104 valence electrons. The van der Waals surface area contributed by atoms with Gasteiger partial charge in [0.25, 0.3) is 0 Å². The molecule has 4 heteroatoms. The number of hydrogen-bond acceptors (Lipinski definition) is 3. The molecule has 0 spiro atoms. The van der Waals surface area contributed by atoms with Crippen molar-refractivity contribution in [2.24, 2.45) is 5.92 Å². The maximum absolute atomic E-state index is 12.0. The van der Waals surface area contributed by atoms with Gasteiger partial charge in [0.1, 0.15) is 0 Å². The van der Waals surface area contributed by atoms with E-state index in [0.29, 0.717) is 12.6 Å². The largest absolute Gasteiger partial charge is 0.352 e. The minimum atomic E-state index is 0.219. The topological polar surface area (TPSA) is 44.4 Å². The van der Waals surface area contributed by atoms with Crippen molar-refractivity contribution < 1.29 is 4.79 Å². The van der Waals surface area contributed by atoms with E-state index in [4.69, 9.17) is 0 Å². The van der Waals surface area contributed by atoms with Gasteiger partial charge in [-0.25, -0.2) is 0 Å². The zero-order chi connectivity index (χ0) is 12.8. The standard InChI is InChI=1S/C14H27N3O/c1-12-4-2-5-13(10-12)16-14(18)11-17-8-3-6-15-7-9-17/h12-13,15H,2-11H2,1H3,(H,16,18). The van der Waals surface area contributed by atoms with Crippen molar-refractivity contribution in [2.75, 3.05) is 32.7 Å². The predicted octanol–water partition coefficient (Wildman–Crippen LogP) is 0.977. The highest BCUT2D eigenvalue weighted by Crippen LogP contribution is 2.23. The van der Waals surface area contributed by atoms with Crippen LogP contribution in [-0.2, 0) is 4.79 Å². The second-order valence-corrected chi connectivity index (χ2v) is 5.92. The highest BCUT2D eigenvalue weighted by atomic mass is 16.2. The molecule has 1 saturated carbocycles. The van der Waals surface area contributed by atoms with E-state index in [1.165, 1.54) is 12.8 Å². The highest BCUT2D eigenvalue weighted by Gasteiger charge is 2.21. The molecule has 4 nitrogen and oxygen atoms in total. The number of nitrogens with one attached hydrogen (secondary N) is 2. The fraction of sp³-hybridized carbons (Fsp3) is 0.929. The Morgan fingerprint density at radius 3 is 3.00 bits per heavy atom. The van der Waals surface area contributed by atoms with E-state index in [0.717, 1.165) is 51.4 Å². The van der Waals surface area contributed by atoms with Crippen molar-refractivity contribution in [1.82, 2.24) is 15.5 Å². The van der Waals surface area contributed by atoms with Crippen LogP contribution in [0.1, 0.15) is 39.0 Å². The van der Waals surface area contributed by atoms with E-state index in [-0.39, 0.29) is 5.91 Å². The number of amides is 1. The Balaban J connectivity index is 1.70. The van der Waals surface area contributed by atoms with Crippen LogP contribution >= 0.6 is 0 Å². The minimum absolute atomic E-state index is 0.219. The molecule has 2 N–H and O–H groups in total. The summed E-state index contributed by atoms with van der Waals surface area (Å²) in [5.41, 5.74) is 0. The molecule has 1 aliphatic carbocycles. The number of rotatable bonds is 3. The van der Waals surface area contributed by atoms with Gasteiger partial charge in [-0.15, -0.1) is 0 Å².